The highest BCUT2D eigenvalue weighted by molar-refractivity contribution is 9.10. The second-order valence-electron chi connectivity index (χ2n) is 3.03. The van der Waals surface area contributed by atoms with E-state index in [-0.39, 0.29) is 0 Å². The van der Waals surface area contributed by atoms with Gasteiger partial charge in [-0.15, -0.1) is 5.10 Å². The van der Waals surface area contributed by atoms with Gasteiger partial charge in [-0.25, -0.2) is 0 Å². The van der Waals surface area contributed by atoms with Gasteiger partial charge in [-0.05, 0) is 39.6 Å². The van der Waals surface area contributed by atoms with E-state index >= 15 is 0 Å². The van der Waals surface area contributed by atoms with Gasteiger partial charge in [-0.1, -0.05) is 4.49 Å². The van der Waals surface area contributed by atoms with Gasteiger partial charge in [-0.2, -0.15) is 0 Å². The van der Waals surface area contributed by atoms with Crippen molar-refractivity contribution in [3.8, 4) is 0 Å². The number of nitrogens with zero attached hydrogens (tertiary/aromatic N) is 2. The van der Waals surface area contributed by atoms with Gasteiger partial charge < -0.3 is 9.73 Å². The molecule has 0 aromatic carbocycles. The maximum atomic E-state index is 5.37. The standard InChI is InChI=1S/C9H10BrN3OS/c10-9-2-1-8(14-9)3-4-11-5-7-6-15-13-12-7/h1-2,6,11H,3-5H2. The number of furan rings is 1. The van der Waals surface area contributed by atoms with E-state index in [0.717, 1.165) is 35.6 Å². The van der Waals surface area contributed by atoms with Gasteiger partial charge in [0, 0.05) is 24.9 Å². The van der Waals surface area contributed by atoms with Crippen molar-refractivity contribution in [3.05, 3.63) is 33.6 Å². The minimum atomic E-state index is 0.762. The quantitative estimate of drug-likeness (QED) is 0.857. The van der Waals surface area contributed by atoms with Crippen LogP contribution in [0.15, 0.2) is 26.6 Å². The molecular weight excluding hydrogens is 278 g/mol. The maximum Gasteiger partial charge on any atom is 0.169 e. The molecular formula is C9H10BrN3OS. The molecule has 0 amide bonds. The van der Waals surface area contributed by atoms with Gasteiger partial charge in [0.05, 0.1) is 5.69 Å². The Morgan fingerprint density at radius 2 is 2.40 bits per heavy atom. The zero-order chi connectivity index (χ0) is 10.5. The Hall–Kier alpha value is -0.720. The fourth-order valence-electron chi connectivity index (χ4n) is 1.18. The van der Waals surface area contributed by atoms with E-state index in [1.807, 2.05) is 17.5 Å². The molecule has 0 atom stereocenters. The third-order valence-electron chi connectivity index (χ3n) is 1.89. The van der Waals surface area contributed by atoms with Crippen molar-refractivity contribution in [2.75, 3.05) is 6.54 Å². The van der Waals surface area contributed by atoms with Gasteiger partial charge in [0.1, 0.15) is 5.76 Å². The molecule has 0 bridgehead atoms. The largest absolute Gasteiger partial charge is 0.454 e. The van der Waals surface area contributed by atoms with E-state index in [0.29, 0.717) is 0 Å². The van der Waals surface area contributed by atoms with Crippen LogP contribution in [-0.2, 0) is 13.0 Å². The highest BCUT2D eigenvalue weighted by atomic mass is 79.9. The van der Waals surface area contributed by atoms with E-state index in [2.05, 4.69) is 30.8 Å². The summed E-state index contributed by atoms with van der Waals surface area (Å²) in [6.07, 6.45) is 0.878. The molecule has 0 fully saturated rings. The van der Waals surface area contributed by atoms with E-state index in [4.69, 9.17) is 4.42 Å². The molecule has 0 saturated carbocycles. The number of nitrogens with one attached hydrogen (secondary N) is 1. The van der Waals surface area contributed by atoms with Crippen LogP contribution in [0.5, 0.6) is 0 Å². The summed E-state index contributed by atoms with van der Waals surface area (Å²) in [6, 6.07) is 3.87. The van der Waals surface area contributed by atoms with Crippen LogP contribution >= 0.6 is 27.5 Å². The molecule has 0 radical (unpaired) electrons. The lowest BCUT2D eigenvalue weighted by molar-refractivity contribution is 0.479. The molecule has 0 saturated heterocycles. The molecule has 15 heavy (non-hydrogen) atoms. The molecule has 2 heterocycles. The number of hydrogen-bond acceptors (Lipinski definition) is 5. The predicted molar refractivity (Wildman–Crippen MR) is 61.7 cm³/mol. The number of halogens is 1. The lowest BCUT2D eigenvalue weighted by Gasteiger charge is -1.99. The fraction of sp³-hybridized carbons (Fsp3) is 0.333. The molecule has 2 rings (SSSR count). The topological polar surface area (TPSA) is 51.0 Å². The summed E-state index contributed by atoms with van der Waals surface area (Å²) >= 11 is 4.64. The third-order valence-corrected chi connectivity index (χ3v) is 2.87. The fourth-order valence-corrected chi connectivity index (χ4v) is 1.97. The molecule has 0 aliphatic heterocycles. The minimum Gasteiger partial charge on any atom is -0.454 e. The van der Waals surface area contributed by atoms with Crippen LogP contribution in [0.4, 0.5) is 0 Å². The summed E-state index contributed by atoms with van der Waals surface area (Å²) in [5.74, 6) is 0.978. The van der Waals surface area contributed by atoms with Gasteiger partial charge in [0.25, 0.3) is 0 Å². The van der Waals surface area contributed by atoms with Crippen LogP contribution in [0.25, 0.3) is 0 Å². The van der Waals surface area contributed by atoms with Crippen molar-refractivity contribution >= 4 is 27.5 Å². The second-order valence-corrected chi connectivity index (χ2v) is 4.42. The maximum absolute atomic E-state index is 5.37. The van der Waals surface area contributed by atoms with Crippen molar-refractivity contribution in [1.29, 1.82) is 0 Å². The van der Waals surface area contributed by atoms with Gasteiger partial charge in [-0.3, -0.25) is 0 Å². The van der Waals surface area contributed by atoms with Crippen molar-refractivity contribution in [2.24, 2.45) is 0 Å². The first-order valence-electron chi connectivity index (χ1n) is 4.55. The molecule has 2 aromatic heterocycles. The van der Waals surface area contributed by atoms with Crippen LogP contribution in [0, 0.1) is 0 Å². The van der Waals surface area contributed by atoms with E-state index in [1.54, 1.807) is 0 Å². The van der Waals surface area contributed by atoms with Gasteiger partial charge >= 0.3 is 0 Å². The predicted octanol–water partition coefficient (Wildman–Crippen LogP) is 2.23. The normalized spacial score (nSPS) is 10.7. The lowest BCUT2D eigenvalue weighted by Crippen LogP contribution is -2.16. The Kier molecular flexibility index (Phi) is 3.87. The zero-order valence-corrected chi connectivity index (χ0v) is 10.3. The van der Waals surface area contributed by atoms with Crippen molar-refractivity contribution < 1.29 is 4.42 Å². The Labute approximate surface area is 100.0 Å². The van der Waals surface area contributed by atoms with Crippen LogP contribution in [0.2, 0.25) is 0 Å². The summed E-state index contributed by atoms with van der Waals surface area (Å²) in [5.41, 5.74) is 0.987. The molecule has 4 nitrogen and oxygen atoms in total. The van der Waals surface area contributed by atoms with Crippen molar-refractivity contribution in [2.45, 2.75) is 13.0 Å². The Bertz CT molecular complexity index is 401. The first-order valence-corrected chi connectivity index (χ1v) is 6.18. The Morgan fingerprint density at radius 1 is 1.47 bits per heavy atom. The number of hydrogen-bond donors (Lipinski definition) is 1. The first kappa shape index (κ1) is 10.8. The summed E-state index contributed by atoms with van der Waals surface area (Å²) in [5, 5.41) is 9.16. The van der Waals surface area contributed by atoms with E-state index < -0.39 is 0 Å². The third kappa shape index (κ3) is 3.40. The van der Waals surface area contributed by atoms with E-state index in [9.17, 15) is 0 Å². The molecule has 2 aromatic rings. The number of aromatic nitrogens is 2. The Morgan fingerprint density at radius 3 is 3.07 bits per heavy atom. The monoisotopic (exact) mass is 287 g/mol. The van der Waals surface area contributed by atoms with Gasteiger partial charge in [0.2, 0.25) is 0 Å². The minimum absolute atomic E-state index is 0.762. The molecule has 0 aliphatic rings. The molecule has 6 heteroatoms. The average Bonchev–Trinajstić information content (AvgIpc) is 2.84. The van der Waals surface area contributed by atoms with Crippen LogP contribution in [0.1, 0.15) is 11.5 Å². The number of rotatable bonds is 5. The highest BCUT2D eigenvalue weighted by Crippen LogP contribution is 2.13. The van der Waals surface area contributed by atoms with Crippen LogP contribution in [0.3, 0.4) is 0 Å². The summed E-state index contributed by atoms with van der Waals surface area (Å²) < 4.78 is 9.94. The van der Waals surface area contributed by atoms with Crippen LogP contribution in [-0.4, -0.2) is 16.1 Å². The van der Waals surface area contributed by atoms with Crippen molar-refractivity contribution in [1.82, 2.24) is 14.9 Å². The smallest absolute Gasteiger partial charge is 0.169 e. The van der Waals surface area contributed by atoms with E-state index in [1.165, 1.54) is 11.5 Å². The zero-order valence-electron chi connectivity index (χ0n) is 7.94. The average molecular weight is 288 g/mol. The summed E-state index contributed by atoms with van der Waals surface area (Å²) in [4.78, 5) is 0. The first-order chi connectivity index (χ1) is 7.34. The molecule has 1 N–H and O–H groups in total. The second kappa shape index (κ2) is 5.39. The highest BCUT2D eigenvalue weighted by Gasteiger charge is 1.99. The van der Waals surface area contributed by atoms with Crippen LogP contribution < -0.4 is 5.32 Å². The molecule has 80 valence electrons. The SMILES string of the molecule is Brc1ccc(CCNCc2csnn2)o1. The lowest BCUT2D eigenvalue weighted by atomic mass is 10.3. The molecule has 0 unspecified atom stereocenters. The molecule has 0 spiro atoms. The Balaban J connectivity index is 1.67. The summed E-state index contributed by atoms with van der Waals surface area (Å²) in [6.45, 7) is 1.63. The van der Waals surface area contributed by atoms with Crippen molar-refractivity contribution in [3.63, 3.8) is 0 Å². The summed E-state index contributed by atoms with van der Waals surface area (Å²) in [7, 11) is 0. The molecule has 0 aliphatic carbocycles. The van der Waals surface area contributed by atoms with Gasteiger partial charge in [0.15, 0.2) is 4.67 Å².